The molecule has 45 heavy (non-hydrogen) atoms. The Bertz CT molecular complexity index is 1820. The fraction of sp³-hybridized carbons (Fsp3) is 0.0857. The Kier molecular flexibility index (Phi) is 10.4. The molecule has 5 aromatic rings. The molecular formula is C35H30N4O4S2. The van der Waals surface area contributed by atoms with Gasteiger partial charge in [0.2, 0.25) is 5.91 Å². The highest BCUT2D eigenvalue weighted by atomic mass is 32.2. The average molecular weight is 635 g/mol. The van der Waals surface area contributed by atoms with Crippen LogP contribution in [0.25, 0.3) is 17.3 Å². The van der Waals surface area contributed by atoms with Crippen molar-refractivity contribution >= 4 is 57.7 Å². The van der Waals surface area contributed by atoms with Crippen LogP contribution in [0.5, 0.6) is 5.75 Å². The third-order valence-electron chi connectivity index (χ3n) is 6.51. The zero-order valence-corrected chi connectivity index (χ0v) is 26.2. The number of anilines is 2. The molecule has 0 unspecified atom stereocenters. The summed E-state index contributed by atoms with van der Waals surface area (Å²) in [5.41, 5.74) is 3.57. The lowest BCUT2D eigenvalue weighted by molar-refractivity contribution is -0.114. The molecule has 0 saturated heterocycles. The predicted octanol–water partition coefficient (Wildman–Crippen LogP) is 7.27. The second kappa shape index (κ2) is 15.0. The minimum atomic E-state index is -0.497. The maximum absolute atomic E-state index is 13.4. The quantitative estimate of drug-likeness (QED) is 0.104. The third-order valence-corrected chi connectivity index (χ3v) is 8.39. The van der Waals surface area contributed by atoms with Crippen LogP contribution in [0.1, 0.15) is 20.8 Å². The molecule has 0 atom stereocenters. The van der Waals surface area contributed by atoms with Crippen molar-refractivity contribution in [1.29, 1.82) is 0 Å². The number of nitrogens with zero attached hydrogens (tertiary/aromatic N) is 1. The van der Waals surface area contributed by atoms with E-state index in [1.54, 1.807) is 79.9 Å². The molecule has 0 bridgehead atoms. The van der Waals surface area contributed by atoms with Gasteiger partial charge >= 0.3 is 0 Å². The zero-order chi connectivity index (χ0) is 31.6. The molecule has 0 fully saturated rings. The SMILES string of the molecule is COc1ccc(/C=C(/NC(=O)c2ccccc2)C(=O)Nc2cccc(SCC(=O)Nc3nc(-c4ccccc4)c(C)s3)c2)cc1. The molecule has 0 radical (unpaired) electrons. The number of hydrogen-bond acceptors (Lipinski definition) is 7. The molecule has 10 heteroatoms. The van der Waals surface area contributed by atoms with Gasteiger partial charge in [-0.1, -0.05) is 66.7 Å². The van der Waals surface area contributed by atoms with E-state index >= 15 is 0 Å². The summed E-state index contributed by atoms with van der Waals surface area (Å²) >= 11 is 2.77. The van der Waals surface area contributed by atoms with Crippen molar-refractivity contribution in [2.75, 3.05) is 23.5 Å². The van der Waals surface area contributed by atoms with Gasteiger partial charge in [-0.05, 0) is 61.0 Å². The molecule has 1 aromatic heterocycles. The number of aromatic nitrogens is 1. The average Bonchev–Trinajstić information content (AvgIpc) is 3.44. The van der Waals surface area contributed by atoms with Crippen molar-refractivity contribution in [3.05, 3.63) is 131 Å². The normalized spacial score (nSPS) is 11.0. The second-order valence-corrected chi connectivity index (χ2v) is 12.0. The summed E-state index contributed by atoms with van der Waals surface area (Å²) in [5, 5.41) is 9.04. The molecule has 0 aliphatic heterocycles. The van der Waals surface area contributed by atoms with Gasteiger partial charge in [0, 0.05) is 26.6 Å². The molecule has 0 saturated carbocycles. The van der Waals surface area contributed by atoms with Crippen LogP contribution in [0.3, 0.4) is 0 Å². The highest BCUT2D eigenvalue weighted by Crippen LogP contribution is 2.30. The largest absolute Gasteiger partial charge is 0.497 e. The molecule has 0 aliphatic carbocycles. The van der Waals surface area contributed by atoms with Crippen LogP contribution >= 0.6 is 23.1 Å². The van der Waals surface area contributed by atoms with Gasteiger partial charge in [0.15, 0.2) is 5.13 Å². The highest BCUT2D eigenvalue weighted by Gasteiger charge is 2.16. The number of ether oxygens (including phenoxy) is 1. The number of nitrogens with one attached hydrogen (secondary N) is 3. The third kappa shape index (κ3) is 8.69. The lowest BCUT2D eigenvalue weighted by Gasteiger charge is -2.12. The molecule has 3 amide bonds. The van der Waals surface area contributed by atoms with E-state index in [0.29, 0.717) is 27.7 Å². The Balaban J connectivity index is 1.24. The fourth-order valence-electron chi connectivity index (χ4n) is 4.29. The molecule has 8 nitrogen and oxygen atoms in total. The number of carbonyl (C=O) groups excluding carboxylic acids is 3. The number of methoxy groups -OCH3 is 1. The van der Waals surface area contributed by atoms with Crippen molar-refractivity contribution < 1.29 is 19.1 Å². The zero-order valence-electron chi connectivity index (χ0n) is 24.6. The Morgan fingerprint density at radius 1 is 0.867 bits per heavy atom. The molecule has 1 heterocycles. The van der Waals surface area contributed by atoms with E-state index in [1.165, 1.54) is 23.1 Å². The Hall–Kier alpha value is -5.19. The molecule has 3 N–H and O–H groups in total. The Labute approximate surface area is 269 Å². The minimum absolute atomic E-state index is 0.0695. The van der Waals surface area contributed by atoms with Gasteiger partial charge in [0.1, 0.15) is 11.4 Å². The number of thioether (sulfide) groups is 1. The monoisotopic (exact) mass is 634 g/mol. The van der Waals surface area contributed by atoms with Crippen LogP contribution in [0.2, 0.25) is 0 Å². The number of aryl methyl sites for hydroxylation is 1. The number of amides is 3. The molecule has 226 valence electrons. The van der Waals surface area contributed by atoms with E-state index < -0.39 is 11.8 Å². The highest BCUT2D eigenvalue weighted by molar-refractivity contribution is 8.00. The molecule has 5 rings (SSSR count). The van der Waals surface area contributed by atoms with E-state index in [0.717, 1.165) is 21.0 Å². The molecular weight excluding hydrogens is 605 g/mol. The van der Waals surface area contributed by atoms with Crippen molar-refractivity contribution in [2.24, 2.45) is 0 Å². The summed E-state index contributed by atoms with van der Waals surface area (Å²) in [4.78, 5) is 45.5. The Morgan fingerprint density at radius 2 is 1.58 bits per heavy atom. The van der Waals surface area contributed by atoms with Crippen molar-refractivity contribution in [2.45, 2.75) is 11.8 Å². The summed E-state index contributed by atoms with van der Waals surface area (Å²) in [6.07, 6.45) is 1.60. The number of rotatable bonds is 11. The first-order valence-electron chi connectivity index (χ1n) is 14.0. The molecule has 4 aromatic carbocycles. The first kappa shape index (κ1) is 31.2. The van der Waals surface area contributed by atoms with Crippen LogP contribution in [0.4, 0.5) is 10.8 Å². The van der Waals surface area contributed by atoms with Crippen LogP contribution in [0, 0.1) is 6.92 Å². The second-order valence-electron chi connectivity index (χ2n) is 9.76. The standard InChI is InChI=1S/C35H30N4O4S2/c1-23-32(25-10-5-3-6-11-25)39-35(45-23)38-31(40)22-44-29-15-9-14-27(21-29)36-34(42)30(20-24-16-18-28(43-2)19-17-24)37-33(41)26-12-7-4-8-13-26/h3-21H,22H2,1-2H3,(H,36,42)(H,37,41)(H,38,39,40)/b30-20+. The van der Waals surface area contributed by atoms with Crippen molar-refractivity contribution in [3.8, 4) is 17.0 Å². The van der Waals surface area contributed by atoms with Gasteiger partial charge in [-0.25, -0.2) is 4.98 Å². The van der Waals surface area contributed by atoms with Gasteiger partial charge in [-0.15, -0.1) is 23.1 Å². The first-order chi connectivity index (χ1) is 21.9. The van der Waals surface area contributed by atoms with E-state index in [-0.39, 0.29) is 17.4 Å². The Morgan fingerprint density at radius 3 is 2.29 bits per heavy atom. The van der Waals surface area contributed by atoms with Crippen LogP contribution in [0.15, 0.2) is 120 Å². The smallest absolute Gasteiger partial charge is 0.272 e. The van der Waals surface area contributed by atoms with Crippen LogP contribution in [-0.2, 0) is 9.59 Å². The lowest BCUT2D eigenvalue weighted by Crippen LogP contribution is -2.30. The van der Waals surface area contributed by atoms with Crippen molar-refractivity contribution in [1.82, 2.24) is 10.3 Å². The summed E-state index contributed by atoms with van der Waals surface area (Å²) in [5.74, 6) is -0.258. The number of carbonyl (C=O) groups is 3. The van der Waals surface area contributed by atoms with Gasteiger partial charge in [-0.3, -0.25) is 14.4 Å². The number of thiazole rings is 1. The van der Waals surface area contributed by atoms with E-state index in [4.69, 9.17) is 4.74 Å². The summed E-state index contributed by atoms with van der Waals surface area (Å²) in [6.45, 7) is 1.98. The van der Waals surface area contributed by atoms with Crippen LogP contribution in [-0.4, -0.2) is 35.6 Å². The van der Waals surface area contributed by atoms with Gasteiger partial charge in [0.05, 0.1) is 18.6 Å². The van der Waals surface area contributed by atoms with Gasteiger partial charge in [-0.2, -0.15) is 0 Å². The van der Waals surface area contributed by atoms with Gasteiger partial charge in [0.25, 0.3) is 11.8 Å². The summed E-state index contributed by atoms with van der Waals surface area (Å²) < 4.78 is 5.22. The maximum Gasteiger partial charge on any atom is 0.272 e. The molecule has 0 aliphatic rings. The summed E-state index contributed by atoms with van der Waals surface area (Å²) in [7, 11) is 1.58. The first-order valence-corrected chi connectivity index (χ1v) is 15.8. The van der Waals surface area contributed by atoms with E-state index in [2.05, 4.69) is 20.9 Å². The number of hydrogen-bond donors (Lipinski definition) is 3. The van der Waals surface area contributed by atoms with Crippen molar-refractivity contribution in [3.63, 3.8) is 0 Å². The van der Waals surface area contributed by atoms with Crippen LogP contribution < -0.4 is 20.7 Å². The lowest BCUT2D eigenvalue weighted by atomic mass is 10.1. The summed E-state index contributed by atoms with van der Waals surface area (Å²) in [6, 6.07) is 32.8. The van der Waals surface area contributed by atoms with Gasteiger partial charge < -0.3 is 20.7 Å². The topological polar surface area (TPSA) is 109 Å². The van der Waals surface area contributed by atoms with E-state index in [9.17, 15) is 14.4 Å². The predicted molar refractivity (Wildman–Crippen MR) is 182 cm³/mol. The fourth-order valence-corrected chi connectivity index (χ4v) is 5.90. The maximum atomic E-state index is 13.4. The number of benzene rings is 4. The minimum Gasteiger partial charge on any atom is -0.497 e. The van der Waals surface area contributed by atoms with E-state index in [1.807, 2.05) is 49.4 Å². The molecule has 0 spiro atoms.